The SMILES string of the molecule is N#Cc1ncccc1-c1ccc(F)cc1. The van der Waals surface area contributed by atoms with Crippen LogP contribution in [0.3, 0.4) is 0 Å². The van der Waals surface area contributed by atoms with E-state index in [0.717, 1.165) is 11.1 Å². The van der Waals surface area contributed by atoms with Gasteiger partial charge in [-0.15, -0.1) is 0 Å². The van der Waals surface area contributed by atoms with Crippen molar-refractivity contribution in [2.45, 2.75) is 0 Å². The Balaban J connectivity index is 2.55. The Labute approximate surface area is 86.6 Å². The number of rotatable bonds is 1. The molecule has 2 rings (SSSR count). The molecule has 0 atom stereocenters. The third-order valence-corrected chi connectivity index (χ3v) is 2.07. The zero-order valence-corrected chi connectivity index (χ0v) is 7.81. The molecule has 0 saturated heterocycles. The Morgan fingerprint density at radius 2 is 1.87 bits per heavy atom. The summed E-state index contributed by atoms with van der Waals surface area (Å²) in [6.07, 6.45) is 1.56. The van der Waals surface area contributed by atoms with E-state index < -0.39 is 0 Å². The van der Waals surface area contributed by atoms with Crippen molar-refractivity contribution in [1.82, 2.24) is 4.98 Å². The van der Waals surface area contributed by atoms with Crippen LogP contribution >= 0.6 is 0 Å². The monoisotopic (exact) mass is 198 g/mol. The largest absolute Gasteiger partial charge is 0.245 e. The Hall–Kier alpha value is -2.21. The molecule has 0 spiro atoms. The van der Waals surface area contributed by atoms with Gasteiger partial charge in [0, 0.05) is 11.8 Å². The minimum absolute atomic E-state index is 0.291. The first-order valence-electron chi connectivity index (χ1n) is 4.42. The summed E-state index contributed by atoms with van der Waals surface area (Å²) in [5.41, 5.74) is 1.87. The molecule has 0 saturated carbocycles. The number of hydrogen-bond acceptors (Lipinski definition) is 2. The highest BCUT2D eigenvalue weighted by Gasteiger charge is 2.04. The quantitative estimate of drug-likeness (QED) is 0.706. The van der Waals surface area contributed by atoms with Crippen LogP contribution in [0, 0.1) is 17.1 Å². The number of pyridine rings is 1. The van der Waals surface area contributed by atoms with Crippen LogP contribution in [0.4, 0.5) is 4.39 Å². The van der Waals surface area contributed by atoms with Crippen molar-refractivity contribution in [2.24, 2.45) is 0 Å². The van der Waals surface area contributed by atoms with Crippen molar-refractivity contribution in [1.29, 1.82) is 5.26 Å². The van der Waals surface area contributed by atoms with Crippen molar-refractivity contribution in [3.63, 3.8) is 0 Å². The van der Waals surface area contributed by atoms with E-state index in [9.17, 15) is 4.39 Å². The molecule has 0 N–H and O–H groups in total. The lowest BCUT2D eigenvalue weighted by molar-refractivity contribution is 0.628. The second-order valence-corrected chi connectivity index (χ2v) is 3.02. The van der Waals surface area contributed by atoms with Gasteiger partial charge in [-0.1, -0.05) is 12.1 Å². The molecule has 3 heteroatoms. The van der Waals surface area contributed by atoms with Gasteiger partial charge in [0.2, 0.25) is 0 Å². The highest BCUT2D eigenvalue weighted by Crippen LogP contribution is 2.21. The van der Waals surface area contributed by atoms with Crippen molar-refractivity contribution in [3.8, 4) is 17.2 Å². The van der Waals surface area contributed by atoms with Crippen molar-refractivity contribution >= 4 is 0 Å². The number of halogens is 1. The molecule has 0 bridgehead atoms. The topological polar surface area (TPSA) is 36.7 Å². The van der Waals surface area contributed by atoms with Crippen LogP contribution in [-0.4, -0.2) is 4.98 Å². The molecular weight excluding hydrogens is 191 g/mol. The number of nitriles is 1. The molecule has 1 aromatic carbocycles. The molecule has 0 fully saturated rings. The fraction of sp³-hybridized carbons (Fsp3) is 0. The van der Waals surface area contributed by atoms with Crippen LogP contribution in [0.2, 0.25) is 0 Å². The number of hydrogen-bond donors (Lipinski definition) is 0. The Bertz CT molecular complexity index is 512. The smallest absolute Gasteiger partial charge is 0.148 e. The van der Waals surface area contributed by atoms with Crippen LogP contribution in [-0.2, 0) is 0 Å². The molecule has 0 radical (unpaired) electrons. The second-order valence-electron chi connectivity index (χ2n) is 3.02. The maximum absolute atomic E-state index is 12.7. The van der Waals surface area contributed by atoms with Crippen LogP contribution in [0.5, 0.6) is 0 Å². The fourth-order valence-corrected chi connectivity index (χ4v) is 1.36. The van der Waals surface area contributed by atoms with Gasteiger partial charge in [0.05, 0.1) is 0 Å². The maximum atomic E-state index is 12.7. The lowest BCUT2D eigenvalue weighted by atomic mass is 10.0. The molecule has 0 aliphatic carbocycles. The van der Waals surface area contributed by atoms with Crippen molar-refractivity contribution in [3.05, 3.63) is 54.1 Å². The summed E-state index contributed by atoms with van der Waals surface area (Å²) in [6, 6.07) is 11.5. The van der Waals surface area contributed by atoms with Gasteiger partial charge >= 0.3 is 0 Å². The van der Waals surface area contributed by atoms with Crippen LogP contribution in [0.25, 0.3) is 11.1 Å². The molecule has 15 heavy (non-hydrogen) atoms. The maximum Gasteiger partial charge on any atom is 0.148 e. The lowest BCUT2D eigenvalue weighted by Gasteiger charge is -2.02. The van der Waals surface area contributed by atoms with Gasteiger partial charge in [-0.05, 0) is 29.8 Å². The molecule has 2 nitrogen and oxygen atoms in total. The van der Waals surface area contributed by atoms with Crippen LogP contribution in [0.15, 0.2) is 42.6 Å². The summed E-state index contributed by atoms with van der Waals surface area (Å²) in [7, 11) is 0. The summed E-state index contributed by atoms with van der Waals surface area (Å²) in [4.78, 5) is 3.94. The van der Waals surface area contributed by atoms with Crippen LogP contribution < -0.4 is 0 Å². The van der Waals surface area contributed by atoms with Crippen LogP contribution in [0.1, 0.15) is 5.69 Å². The normalized spacial score (nSPS) is 9.60. The van der Waals surface area contributed by atoms with E-state index >= 15 is 0 Å². The minimum atomic E-state index is -0.291. The van der Waals surface area contributed by atoms with Crippen molar-refractivity contribution in [2.75, 3.05) is 0 Å². The van der Waals surface area contributed by atoms with Gasteiger partial charge in [0.1, 0.15) is 17.6 Å². The standard InChI is InChI=1S/C12H7FN2/c13-10-5-3-9(4-6-10)11-2-1-7-15-12(11)8-14/h1-7H. The lowest BCUT2D eigenvalue weighted by Crippen LogP contribution is -1.87. The summed E-state index contributed by atoms with van der Waals surface area (Å²) in [5.74, 6) is -0.291. The van der Waals surface area contributed by atoms with E-state index in [0.29, 0.717) is 5.69 Å². The molecule has 0 amide bonds. The van der Waals surface area contributed by atoms with Gasteiger partial charge in [-0.2, -0.15) is 5.26 Å². The molecule has 2 aromatic rings. The fourth-order valence-electron chi connectivity index (χ4n) is 1.36. The highest BCUT2D eigenvalue weighted by molar-refractivity contribution is 5.68. The Morgan fingerprint density at radius 1 is 1.13 bits per heavy atom. The predicted octanol–water partition coefficient (Wildman–Crippen LogP) is 2.76. The first-order chi connectivity index (χ1) is 7.31. The summed E-state index contributed by atoms with van der Waals surface area (Å²) < 4.78 is 12.7. The molecule has 0 aliphatic rings. The second kappa shape index (κ2) is 3.89. The molecular formula is C12H7FN2. The average molecular weight is 198 g/mol. The average Bonchev–Trinajstić information content (AvgIpc) is 2.30. The van der Waals surface area contributed by atoms with Gasteiger partial charge in [0.15, 0.2) is 0 Å². The number of aromatic nitrogens is 1. The molecule has 72 valence electrons. The highest BCUT2D eigenvalue weighted by atomic mass is 19.1. The zero-order valence-electron chi connectivity index (χ0n) is 7.81. The summed E-state index contributed by atoms with van der Waals surface area (Å²) >= 11 is 0. The van der Waals surface area contributed by atoms with Gasteiger partial charge in [0.25, 0.3) is 0 Å². The predicted molar refractivity (Wildman–Crippen MR) is 54.3 cm³/mol. The zero-order chi connectivity index (χ0) is 10.7. The van der Waals surface area contributed by atoms with E-state index in [1.807, 2.05) is 6.07 Å². The van der Waals surface area contributed by atoms with Gasteiger partial charge < -0.3 is 0 Å². The van der Waals surface area contributed by atoms with Crippen molar-refractivity contribution < 1.29 is 4.39 Å². The molecule has 0 unspecified atom stereocenters. The van der Waals surface area contributed by atoms with E-state index in [2.05, 4.69) is 4.98 Å². The first-order valence-corrected chi connectivity index (χ1v) is 4.42. The summed E-state index contributed by atoms with van der Waals surface area (Å²) in [6.45, 7) is 0. The Kier molecular flexibility index (Phi) is 2.42. The van der Waals surface area contributed by atoms with E-state index in [1.165, 1.54) is 12.1 Å². The third kappa shape index (κ3) is 1.84. The first kappa shape index (κ1) is 9.35. The molecule has 0 aliphatic heterocycles. The Morgan fingerprint density at radius 3 is 2.53 bits per heavy atom. The number of benzene rings is 1. The number of nitrogens with zero attached hydrogens (tertiary/aromatic N) is 2. The molecule has 1 heterocycles. The van der Waals surface area contributed by atoms with E-state index in [4.69, 9.17) is 5.26 Å². The van der Waals surface area contributed by atoms with E-state index in [1.54, 1.807) is 30.5 Å². The van der Waals surface area contributed by atoms with Gasteiger partial charge in [-0.3, -0.25) is 0 Å². The van der Waals surface area contributed by atoms with Gasteiger partial charge in [-0.25, -0.2) is 9.37 Å². The molecule has 1 aromatic heterocycles. The third-order valence-electron chi connectivity index (χ3n) is 2.07. The summed E-state index contributed by atoms with van der Waals surface area (Å²) in [5, 5.41) is 8.85. The minimum Gasteiger partial charge on any atom is -0.245 e. The van der Waals surface area contributed by atoms with E-state index in [-0.39, 0.29) is 5.82 Å².